The van der Waals surface area contributed by atoms with Gasteiger partial charge in [0, 0.05) is 29.0 Å². The SMILES string of the molecule is CC(C)(C)OCCC(NC(=O)c1csc(-c2cccc(Cl)c2)n1)C(=O)O. The number of carbonyl (C=O) groups is 2. The van der Waals surface area contributed by atoms with E-state index in [-0.39, 0.29) is 24.3 Å². The van der Waals surface area contributed by atoms with Crippen molar-refractivity contribution in [2.75, 3.05) is 6.61 Å². The van der Waals surface area contributed by atoms with Crippen molar-refractivity contribution in [3.63, 3.8) is 0 Å². The van der Waals surface area contributed by atoms with Gasteiger partial charge in [-0.05, 0) is 32.9 Å². The highest BCUT2D eigenvalue weighted by Gasteiger charge is 2.23. The molecular weight excluding hydrogens is 376 g/mol. The summed E-state index contributed by atoms with van der Waals surface area (Å²) < 4.78 is 5.53. The van der Waals surface area contributed by atoms with Gasteiger partial charge in [-0.3, -0.25) is 4.79 Å². The van der Waals surface area contributed by atoms with E-state index in [1.165, 1.54) is 11.3 Å². The second kappa shape index (κ2) is 8.62. The van der Waals surface area contributed by atoms with Gasteiger partial charge in [0.1, 0.15) is 16.7 Å². The molecule has 1 unspecified atom stereocenters. The van der Waals surface area contributed by atoms with Crippen molar-refractivity contribution < 1.29 is 19.4 Å². The molecule has 1 heterocycles. The highest BCUT2D eigenvalue weighted by atomic mass is 35.5. The van der Waals surface area contributed by atoms with Crippen LogP contribution in [0.1, 0.15) is 37.7 Å². The van der Waals surface area contributed by atoms with Gasteiger partial charge in [-0.15, -0.1) is 11.3 Å². The van der Waals surface area contributed by atoms with Crippen molar-refractivity contribution in [2.45, 2.75) is 38.8 Å². The summed E-state index contributed by atoms with van der Waals surface area (Å²) in [6, 6.07) is 6.11. The highest BCUT2D eigenvalue weighted by Crippen LogP contribution is 2.26. The fourth-order valence-corrected chi connectivity index (χ4v) is 3.09. The lowest BCUT2D eigenvalue weighted by Crippen LogP contribution is -2.42. The zero-order valence-electron chi connectivity index (χ0n) is 14.8. The smallest absolute Gasteiger partial charge is 0.326 e. The number of nitrogens with zero attached hydrogens (tertiary/aromatic N) is 1. The normalized spacial score (nSPS) is 12.6. The quantitative estimate of drug-likeness (QED) is 0.742. The Kier molecular flexibility index (Phi) is 6.75. The summed E-state index contributed by atoms with van der Waals surface area (Å²) in [4.78, 5) is 28.0. The molecule has 6 nitrogen and oxygen atoms in total. The minimum Gasteiger partial charge on any atom is -0.480 e. The second-order valence-corrected chi connectivity index (χ2v) is 7.96. The van der Waals surface area contributed by atoms with Crippen LogP contribution in [-0.2, 0) is 9.53 Å². The molecule has 0 aliphatic heterocycles. The average molecular weight is 397 g/mol. The summed E-state index contributed by atoms with van der Waals surface area (Å²) >= 11 is 7.26. The van der Waals surface area contributed by atoms with Gasteiger partial charge < -0.3 is 15.2 Å². The van der Waals surface area contributed by atoms with E-state index < -0.39 is 17.9 Å². The third kappa shape index (κ3) is 6.09. The van der Waals surface area contributed by atoms with Gasteiger partial charge in [-0.25, -0.2) is 9.78 Å². The second-order valence-electron chi connectivity index (χ2n) is 6.66. The van der Waals surface area contributed by atoms with Crippen LogP contribution in [0.15, 0.2) is 29.6 Å². The number of hydrogen-bond donors (Lipinski definition) is 2. The van der Waals surface area contributed by atoms with Crippen LogP contribution in [0.2, 0.25) is 5.02 Å². The molecule has 0 radical (unpaired) electrons. The molecule has 2 aromatic rings. The minimum absolute atomic E-state index is 0.170. The number of thiazole rings is 1. The number of aliphatic carboxylic acids is 1. The molecule has 0 saturated carbocycles. The first-order valence-electron chi connectivity index (χ1n) is 8.05. The van der Waals surface area contributed by atoms with E-state index in [1.807, 2.05) is 26.8 Å². The van der Waals surface area contributed by atoms with Gasteiger partial charge in [-0.1, -0.05) is 23.7 Å². The standard InChI is InChI=1S/C18H21ClN2O4S/c1-18(2,3)25-8-7-13(17(23)24)20-15(22)14-10-26-16(21-14)11-5-4-6-12(19)9-11/h4-6,9-10,13H,7-8H2,1-3H3,(H,20,22)(H,23,24). The van der Waals surface area contributed by atoms with E-state index in [4.69, 9.17) is 16.3 Å². The van der Waals surface area contributed by atoms with Gasteiger partial charge >= 0.3 is 5.97 Å². The number of nitrogens with one attached hydrogen (secondary N) is 1. The van der Waals surface area contributed by atoms with Crippen molar-refractivity contribution in [3.8, 4) is 10.6 Å². The maximum absolute atomic E-state index is 12.3. The van der Waals surface area contributed by atoms with Crippen molar-refractivity contribution in [3.05, 3.63) is 40.4 Å². The van der Waals surface area contributed by atoms with Crippen LogP contribution in [0.25, 0.3) is 10.6 Å². The van der Waals surface area contributed by atoms with Gasteiger partial charge in [0.25, 0.3) is 5.91 Å². The number of amides is 1. The molecule has 0 aliphatic rings. The fourth-order valence-electron chi connectivity index (χ4n) is 2.10. The first-order valence-corrected chi connectivity index (χ1v) is 9.30. The fraction of sp³-hybridized carbons (Fsp3) is 0.389. The Balaban J connectivity index is 2.02. The molecule has 0 bridgehead atoms. The van der Waals surface area contributed by atoms with Crippen LogP contribution in [0.5, 0.6) is 0 Å². The number of aromatic nitrogens is 1. The zero-order valence-corrected chi connectivity index (χ0v) is 16.4. The average Bonchev–Trinajstić information content (AvgIpc) is 3.02. The predicted molar refractivity (Wildman–Crippen MR) is 102 cm³/mol. The van der Waals surface area contributed by atoms with E-state index >= 15 is 0 Å². The molecule has 2 N–H and O–H groups in total. The molecule has 0 fully saturated rings. The van der Waals surface area contributed by atoms with E-state index in [9.17, 15) is 14.7 Å². The molecule has 0 aliphatic carbocycles. The van der Waals surface area contributed by atoms with E-state index in [1.54, 1.807) is 23.6 Å². The Morgan fingerprint density at radius 1 is 1.38 bits per heavy atom. The van der Waals surface area contributed by atoms with E-state index in [0.717, 1.165) is 5.56 Å². The maximum Gasteiger partial charge on any atom is 0.326 e. The van der Waals surface area contributed by atoms with Crippen LogP contribution in [0.4, 0.5) is 0 Å². The number of carboxylic acids is 1. The molecule has 0 spiro atoms. The minimum atomic E-state index is -1.11. The summed E-state index contributed by atoms with van der Waals surface area (Å²) in [5.41, 5.74) is 0.608. The van der Waals surface area contributed by atoms with Gasteiger partial charge in [0.05, 0.1) is 5.60 Å². The number of rotatable bonds is 7. The van der Waals surface area contributed by atoms with Crippen molar-refractivity contribution in [1.82, 2.24) is 10.3 Å². The lowest BCUT2D eigenvalue weighted by atomic mass is 10.1. The molecular formula is C18H21ClN2O4S. The Morgan fingerprint density at radius 3 is 2.73 bits per heavy atom. The van der Waals surface area contributed by atoms with Gasteiger partial charge in [-0.2, -0.15) is 0 Å². The third-order valence-electron chi connectivity index (χ3n) is 3.35. The monoisotopic (exact) mass is 396 g/mol. The number of benzene rings is 1. The first kappa shape index (κ1) is 20.4. The number of hydrogen-bond acceptors (Lipinski definition) is 5. The topological polar surface area (TPSA) is 88.5 Å². The summed E-state index contributed by atoms with van der Waals surface area (Å²) in [6.45, 7) is 5.88. The van der Waals surface area contributed by atoms with E-state index in [0.29, 0.717) is 10.0 Å². The van der Waals surface area contributed by atoms with E-state index in [2.05, 4.69) is 10.3 Å². The molecule has 8 heteroatoms. The highest BCUT2D eigenvalue weighted by molar-refractivity contribution is 7.13. The number of ether oxygens (including phenoxy) is 1. The summed E-state index contributed by atoms with van der Waals surface area (Å²) in [5, 5.41) is 14.6. The molecule has 1 amide bonds. The first-order chi connectivity index (χ1) is 12.2. The molecule has 140 valence electrons. The third-order valence-corrected chi connectivity index (χ3v) is 4.48. The summed E-state index contributed by atoms with van der Waals surface area (Å²) in [6.07, 6.45) is 0.170. The van der Waals surface area contributed by atoms with Gasteiger partial charge in [0.15, 0.2) is 0 Å². The summed E-state index contributed by atoms with van der Waals surface area (Å²) in [5.74, 6) is -1.64. The van der Waals surface area contributed by atoms with Crippen LogP contribution < -0.4 is 5.32 Å². The van der Waals surface area contributed by atoms with Crippen molar-refractivity contribution >= 4 is 34.8 Å². The van der Waals surface area contributed by atoms with Gasteiger partial charge in [0.2, 0.25) is 0 Å². The Bertz CT molecular complexity index is 785. The zero-order chi connectivity index (χ0) is 19.3. The summed E-state index contributed by atoms with van der Waals surface area (Å²) in [7, 11) is 0. The van der Waals surface area contributed by atoms with Crippen LogP contribution in [-0.4, -0.2) is 40.2 Å². The lowest BCUT2D eigenvalue weighted by molar-refractivity contribution is -0.140. The molecule has 2 rings (SSSR count). The van der Waals surface area contributed by atoms with Crippen LogP contribution in [0.3, 0.4) is 0 Å². The Morgan fingerprint density at radius 2 is 2.12 bits per heavy atom. The predicted octanol–water partition coefficient (Wildman–Crippen LogP) is 3.85. The maximum atomic E-state index is 12.3. The number of carbonyl (C=O) groups excluding carboxylic acids is 1. The lowest BCUT2D eigenvalue weighted by Gasteiger charge is -2.21. The Hall–Kier alpha value is -1.96. The number of carboxylic acid groups (broad SMARTS) is 1. The van der Waals surface area contributed by atoms with Crippen LogP contribution >= 0.6 is 22.9 Å². The molecule has 1 aromatic carbocycles. The van der Waals surface area contributed by atoms with Crippen LogP contribution in [0, 0.1) is 0 Å². The number of halogens is 1. The van der Waals surface area contributed by atoms with Crippen molar-refractivity contribution in [2.24, 2.45) is 0 Å². The molecule has 0 saturated heterocycles. The molecule has 1 atom stereocenters. The Labute approximate surface area is 161 Å². The molecule has 1 aromatic heterocycles. The largest absolute Gasteiger partial charge is 0.480 e. The molecule has 26 heavy (non-hydrogen) atoms. The van der Waals surface area contributed by atoms with Crippen molar-refractivity contribution in [1.29, 1.82) is 0 Å².